The van der Waals surface area contributed by atoms with Crippen LogP contribution in [0, 0.1) is 6.92 Å². The first-order valence-electron chi connectivity index (χ1n) is 7.62. The van der Waals surface area contributed by atoms with Crippen molar-refractivity contribution in [2.24, 2.45) is 0 Å². The summed E-state index contributed by atoms with van der Waals surface area (Å²) in [5, 5.41) is 15.6. The number of hydrogen-bond acceptors (Lipinski definition) is 2. The lowest BCUT2D eigenvalue weighted by atomic mass is 9.80. The second-order valence-corrected chi connectivity index (χ2v) is 6.87. The zero-order valence-corrected chi connectivity index (χ0v) is 13.2. The van der Waals surface area contributed by atoms with E-state index in [1.54, 1.807) is 0 Å². The molecule has 0 radical (unpaired) electrons. The number of rotatable bonds is 5. The van der Waals surface area contributed by atoms with Crippen molar-refractivity contribution < 1.29 is 9.90 Å². The van der Waals surface area contributed by atoms with E-state index in [2.05, 4.69) is 49.6 Å². The predicted molar refractivity (Wildman–Crippen MR) is 84.4 cm³/mol. The van der Waals surface area contributed by atoms with Crippen molar-refractivity contribution in [3.63, 3.8) is 0 Å². The van der Waals surface area contributed by atoms with Gasteiger partial charge in [-0.2, -0.15) is 0 Å². The fourth-order valence-electron chi connectivity index (χ4n) is 2.54. The van der Waals surface area contributed by atoms with E-state index in [1.165, 1.54) is 11.1 Å². The number of urea groups is 1. The van der Waals surface area contributed by atoms with Crippen LogP contribution in [0.5, 0.6) is 0 Å². The molecule has 3 N–H and O–H groups in total. The van der Waals surface area contributed by atoms with Crippen LogP contribution in [0.2, 0.25) is 0 Å². The molecular weight excluding hydrogens is 264 g/mol. The molecule has 1 aliphatic rings. The molecule has 0 aliphatic heterocycles. The van der Waals surface area contributed by atoms with Crippen LogP contribution in [-0.4, -0.2) is 29.8 Å². The van der Waals surface area contributed by atoms with Gasteiger partial charge in [0.05, 0.1) is 5.60 Å². The van der Waals surface area contributed by atoms with E-state index in [9.17, 15) is 9.90 Å². The molecule has 1 saturated carbocycles. The highest BCUT2D eigenvalue weighted by Gasteiger charge is 2.34. The van der Waals surface area contributed by atoms with Gasteiger partial charge in [0.15, 0.2) is 0 Å². The van der Waals surface area contributed by atoms with Crippen molar-refractivity contribution in [3.8, 4) is 0 Å². The summed E-state index contributed by atoms with van der Waals surface area (Å²) in [7, 11) is 0. The van der Waals surface area contributed by atoms with Crippen LogP contribution in [0.4, 0.5) is 4.79 Å². The lowest BCUT2D eigenvalue weighted by molar-refractivity contribution is -0.0290. The van der Waals surface area contributed by atoms with Crippen LogP contribution < -0.4 is 10.6 Å². The Balaban J connectivity index is 1.82. The van der Waals surface area contributed by atoms with Crippen LogP contribution in [0.1, 0.15) is 44.2 Å². The van der Waals surface area contributed by atoms with Gasteiger partial charge in [-0.05, 0) is 31.7 Å². The Kier molecular flexibility index (Phi) is 4.57. The van der Waals surface area contributed by atoms with Crippen molar-refractivity contribution in [1.82, 2.24) is 10.6 Å². The number of carbonyl (C=O) groups is 1. The summed E-state index contributed by atoms with van der Waals surface area (Å²) >= 11 is 0. The Bertz CT molecular complexity index is 507. The molecule has 2 amide bonds. The van der Waals surface area contributed by atoms with Crippen molar-refractivity contribution in [2.75, 3.05) is 13.1 Å². The first-order valence-corrected chi connectivity index (χ1v) is 7.62. The second kappa shape index (κ2) is 6.06. The fourth-order valence-corrected chi connectivity index (χ4v) is 2.54. The molecule has 0 heterocycles. The highest BCUT2D eigenvalue weighted by Crippen LogP contribution is 2.30. The topological polar surface area (TPSA) is 61.4 Å². The van der Waals surface area contributed by atoms with Gasteiger partial charge in [-0.15, -0.1) is 0 Å². The van der Waals surface area contributed by atoms with Crippen LogP contribution >= 0.6 is 0 Å². The maximum absolute atomic E-state index is 11.8. The normalized spacial score (nSPS) is 17.0. The molecule has 4 heteroatoms. The van der Waals surface area contributed by atoms with Crippen molar-refractivity contribution in [2.45, 2.75) is 51.0 Å². The molecule has 0 spiro atoms. The van der Waals surface area contributed by atoms with Gasteiger partial charge in [-0.1, -0.05) is 43.7 Å². The third kappa shape index (κ3) is 4.21. The average Bonchev–Trinajstić information content (AvgIpc) is 2.41. The summed E-state index contributed by atoms with van der Waals surface area (Å²) in [6, 6.07) is 8.13. The van der Waals surface area contributed by atoms with Gasteiger partial charge >= 0.3 is 6.03 Å². The first kappa shape index (κ1) is 15.8. The molecule has 1 aromatic carbocycles. The molecule has 0 saturated heterocycles. The van der Waals surface area contributed by atoms with E-state index in [4.69, 9.17) is 0 Å². The van der Waals surface area contributed by atoms with E-state index in [1.807, 2.05) is 6.07 Å². The van der Waals surface area contributed by atoms with Gasteiger partial charge in [0.2, 0.25) is 0 Å². The molecule has 4 nitrogen and oxygen atoms in total. The van der Waals surface area contributed by atoms with Gasteiger partial charge in [-0.3, -0.25) is 0 Å². The Labute approximate surface area is 126 Å². The molecule has 1 aromatic rings. The zero-order chi connectivity index (χ0) is 15.5. The quantitative estimate of drug-likeness (QED) is 0.780. The summed E-state index contributed by atoms with van der Waals surface area (Å²) in [5.41, 5.74) is 1.62. The third-order valence-corrected chi connectivity index (χ3v) is 4.35. The van der Waals surface area contributed by atoms with Crippen molar-refractivity contribution >= 4 is 6.03 Å². The summed E-state index contributed by atoms with van der Waals surface area (Å²) in [6.45, 7) is 7.19. The Hall–Kier alpha value is -1.55. The summed E-state index contributed by atoms with van der Waals surface area (Å²) in [6.07, 6.45) is 2.60. The van der Waals surface area contributed by atoms with E-state index >= 15 is 0 Å². The summed E-state index contributed by atoms with van der Waals surface area (Å²) in [5.74, 6) is 0. The van der Waals surface area contributed by atoms with E-state index in [0.717, 1.165) is 19.3 Å². The van der Waals surface area contributed by atoms with Crippen molar-refractivity contribution in [1.29, 1.82) is 0 Å². The van der Waals surface area contributed by atoms with Gasteiger partial charge < -0.3 is 15.7 Å². The molecule has 0 bridgehead atoms. The Morgan fingerprint density at radius 1 is 1.33 bits per heavy atom. The second-order valence-electron chi connectivity index (χ2n) is 6.87. The van der Waals surface area contributed by atoms with Gasteiger partial charge in [-0.25, -0.2) is 4.79 Å². The summed E-state index contributed by atoms with van der Waals surface area (Å²) < 4.78 is 0. The molecule has 1 aliphatic carbocycles. The molecule has 21 heavy (non-hydrogen) atoms. The maximum Gasteiger partial charge on any atom is 0.314 e. The van der Waals surface area contributed by atoms with Gasteiger partial charge in [0.25, 0.3) is 0 Å². The zero-order valence-electron chi connectivity index (χ0n) is 13.2. The largest absolute Gasteiger partial charge is 0.388 e. The molecular formula is C17H26N2O2. The number of benzene rings is 1. The number of aliphatic hydroxyl groups is 1. The molecule has 2 rings (SSSR count). The molecule has 0 unspecified atom stereocenters. The predicted octanol–water partition coefficient (Wildman–Crippen LogP) is 2.49. The van der Waals surface area contributed by atoms with E-state index < -0.39 is 5.60 Å². The summed E-state index contributed by atoms with van der Waals surface area (Å²) in [4.78, 5) is 11.8. The lowest BCUT2D eigenvalue weighted by Crippen LogP contribution is -2.51. The lowest BCUT2D eigenvalue weighted by Gasteiger charge is -2.36. The first-order chi connectivity index (χ1) is 9.81. The molecule has 1 fully saturated rings. The monoisotopic (exact) mass is 290 g/mol. The Morgan fingerprint density at radius 3 is 2.62 bits per heavy atom. The number of amides is 2. The molecule has 0 atom stereocenters. The smallest absolute Gasteiger partial charge is 0.314 e. The third-order valence-electron chi connectivity index (χ3n) is 4.35. The van der Waals surface area contributed by atoms with E-state index in [0.29, 0.717) is 13.1 Å². The van der Waals surface area contributed by atoms with Crippen LogP contribution in [-0.2, 0) is 5.41 Å². The average molecular weight is 290 g/mol. The van der Waals surface area contributed by atoms with Crippen LogP contribution in [0.25, 0.3) is 0 Å². The van der Waals surface area contributed by atoms with Crippen LogP contribution in [0.3, 0.4) is 0 Å². The highest BCUT2D eigenvalue weighted by molar-refractivity contribution is 5.74. The van der Waals surface area contributed by atoms with Gasteiger partial charge in [0, 0.05) is 18.5 Å². The maximum atomic E-state index is 11.8. The molecule has 0 aromatic heterocycles. The van der Waals surface area contributed by atoms with Crippen LogP contribution in [0.15, 0.2) is 24.3 Å². The fraction of sp³-hybridized carbons (Fsp3) is 0.588. The standard InChI is InChI=1S/C17H26N2O2/c1-13-6-4-7-14(10-13)16(2,3)11-18-15(20)19-12-17(21)8-5-9-17/h4,6-7,10,21H,5,8-9,11-12H2,1-3H3,(H2,18,19,20). The number of aryl methyl sites for hydroxylation is 1. The van der Waals surface area contributed by atoms with E-state index in [-0.39, 0.29) is 11.4 Å². The van der Waals surface area contributed by atoms with Crippen molar-refractivity contribution in [3.05, 3.63) is 35.4 Å². The highest BCUT2D eigenvalue weighted by atomic mass is 16.3. The minimum atomic E-state index is -0.677. The SMILES string of the molecule is Cc1cccc(C(C)(C)CNC(=O)NCC2(O)CCC2)c1. The van der Waals surface area contributed by atoms with Gasteiger partial charge in [0.1, 0.15) is 0 Å². The Morgan fingerprint density at radius 2 is 2.05 bits per heavy atom. The number of hydrogen-bond donors (Lipinski definition) is 3. The number of carbonyl (C=O) groups excluding carboxylic acids is 1. The number of nitrogens with one attached hydrogen (secondary N) is 2. The minimum Gasteiger partial charge on any atom is -0.388 e. The minimum absolute atomic E-state index is 0.128. The molecule has 116 valence electrons.